The largest absolute Gasteiger partial charge is 0.304 e. The van der Waals surface area contributed by atoms with Crippen LogP contribution in [0.5, 0.6) is 0 Å². The molecule has 0 fully saturated rings. The fourth-order valence-electron chi connectivity index (χ4n) is 0.902. The van der Waals surface area contributed by atoms with Gasteiger partial charge in [-0.2, -0.15) is 0 Å². The number of thioether (sulfide) groups is 1. The molecule has 0 aliphatic carbocycles. The first-order chi connectivity index (χ1) is 5.80. The van der Waals surface area contributed by atoms with Gasteiger partial charge in [0.25, 0.3) is 0 Å². The Balaban J connectivity index is 2.56. The molecule has 66 valence electrons. The third-order valence-electron chi connectivity index (χ3n) is 1.78. The zero-order chi connectivity index (χ0) is 8.81. The van der Waals surface area contributed by atoms with Crippen molar-refractivity contribution < 1.29 is 0 Å². The minimum absolute atomic E-state index is 0.472. The molecule has 1 aliphatic heterocycles. The molecule has 0 saturated carbocycles. The van der Waals surface area contributed by atoms with E-state index in [4.69, 9.17) is 0 Å². The van der Waals surface area contributed by atoms with E-state index in [2.05, 4.69) is 43.1 Å². The smallest absolute Gasteiger partial charge is 0.0465 e. The van der Waals surface area contributed by atoms with Crippen molar-refractivity contribution in [2.75, 3.05) is 12.4 Å². The van der Waals surface area contributed by atoms with Crippen LogP contribution in [0.15, 0.2) is 35.8 Å². The van der Waals surface area contributed by atoms with Gasteiger partial charge in [-0.15, -0.1) is 11.8 Å². The van der Waals surface area contributed by atoms with E-state index in [0.29, 0.717) is 5.92 Å². The fourth-order valence-corrected chi connectivity index (χ4v) is 1.65. The van der Waals surface area contributed by atoms with Crippen molar-refractivity contribution in [2.45, 2.75) is 6.92 Å². The van der Waals surface area contributed by atoms with Gasteiger partial charge < -0.3 is 5.32 Å². The zero-order valence-corrected chi connectivity index (χ0v) is 8.23. The summed E-state index contributed by atoms with van der Waals surface area (Å²) in [5.74, 6) is 1.43. The van der Waals surface area contributed by atoms with Gasteiger partial charge in [0.1, 0.15) is 0 Å². The Labute approximate surface area is 78.6 Å². The maximum Gasteiger partial charge on any atom is 0.0465 e. The van der Waals surface area contributed by atoms with Crippen molar-refractivity contribution in [3.05, 3.63) is 35.8 Å². The molecule has 0 aromatic carbocycles. The van der Waals surface area contributed by atoms with Crippen LogP contribution < -0.4 is 5.32 Å². The highest BCUT2D eigenvalue weighted by Gasteiger charge is 2.02. The summed E-state index contributed by atoms with van der Waals surface area (Å²) in [5, 5.41) is 3.29. The maximum atomic E-state index is 4.02. The summed E-state index contributed by atoms with van der Waals surface area (Å²) in [6, 6.07) is 0. The Morgan fingerprint density at radius 2 is 2.42 bits per heavy atom. The molecular weight excluding hydrogens is 166 g/mol. The number of hydrogen-bond donors (Lipinski definition) is 1. The van der Waals surface area contributed by atoms with E-state index in [0.717, 1.165) is 12.4 Å². The predicted octanol–water partition coefficient (Wildman–Crippen LogP) is 2.54. The highest BCUT2D eigenvalue weighted by Crippen LogP contribution is 2.22. The molecule has 1 aliphatic rings. The first-order valence-electron chi connectivity index (χ1n) is 4.16. The molecule has 0 spiro atoms. The molecule has 1 rings (SSSR count). The van der Waals surface area contributed by atoms with E-state index in [9.17, 15) is 0 Å². The topological polar surface area (TPSA) is 12.0 Å². The van der Waals surface area contributed by atoms with Crippen molar-refractivity contribution >= 4 is 11.8 Å². The van der Waals surface area contributed by atoms with Gasteiger partial charge in [0.05, 0.1) is 0 Å². The lowest BCUT2D eigenvalue weighted by Gasteiger charge is -2.10. The molecule has 0 radical (unpaired) electrons. The van der Waals surface area contributed by atoms with Crippen LogP contribution in [0.3, 0.4) is 0 Å². The molecule has 0 aromatic rings. The number of hydrogen-bond acceptors (Lipinski definition) is 2. The predicted molar refractivity (Wildman–Crippen MR) is 57.0 cm³/mol. The van der Waals surface area contributed by atoms with Gasteiger partial charge in [0.2, 0.25) is 0 Å². The molecule has 1 heterocycles. The van der Waals surface area contributed by atoms with Gasteiger partial charge in [-0.1, -0.05) is 37.8 Å². The van der Waals surface area contributed by atoms with Crippen LogP contribution >= 0.6 is 11.8 Å². The molecular formula is C10H15NS. The molecule has 0 bridgehead atoms. The van der Waals surface area contributed by atoms with Crippen LogP contribution in [0, 0.1) is 5.92 Å². The monoisotopic (exact) mass is 181 g/mol. The standard InChI is InChI=1S/C10H15NS/c1-9-6-4-3-5-7-11-8-12-10(9)2/h3-6,9,11H,2,7-8H2,1H3/b5-3-,6-4-/t9-/m1/s1. The summed E-state index contributed by atoms with van der Waals surface area (Å²) >= 11 is 1.79. The summed E-state index contributed by atoms with van der Waals surface area (Å²) in [6.45, 7) is 7.13. The number of rotatable bonds is 0. The van der Waals surface area contributed by atoms with Crippen molar-refractivity contribution in [1.82, 2.24) is 5.32 Å². The van der Waals surface area contributed by atoms with E-state index in [-0.39, 0.29) is 0 Å². The van der Waals surface area contributed by atoms with Gasteiger partial charge >= 0.3 is 0 Å². The SMILES string of the molecule is C=C1SCNC/C=C\C=C/[C@H]1C. The Morgan fingerprint density at radius 3 is 3.25 bits per heavy atom. The molecule has 1 nitrogen and oxygen atoms in total. The van der Waals surface area contributed by atoms with E-state index in [1.54, 1.807) is 11.8 Å². The van der Waals surface area contributed by atoms with E-state index in [1.165, 1.54) is 4.91 Å². The summed E-state index contributed by atoms with van der Waals surface area (Å²) in [5.41, 5.74) is 0. The average molecular weight is 181 g/mol. The second kappa shape index (κ2) is 5.22. The van der Waals surface area contributed by atoms with E-state index < -0.39 is 0 Å². The number of nitrogens with one attached hydrogen (secondary N) is 1. The lowest BCUT2D eigenvalue weighted by molar-refractivity contribution is 0.879. The van der Waals surface area contributed by atoms with Crippen molar-refractivity contribution in [3.8, 4) is 0 Å². The fraction of sp³-hybridized carbons (Fsp3) is 0.400. The maximum absolute atomic E-state index is 4.02. The Kier molecular flexibility index (Phi) is 4.19. The van der Waals surface area contributed by atoms with Crippen LogP contribution in [-0.4, -0.2) is 12.4 Å². The van der Waals surface area contributed by atoms with Gasteiger partial charge in [-0.25, -0.2) is 0 Å². The Bertz CT molecular complexity index is 206. The Hall–Kier alpha value is -0.470. The van der Waals surface area contributed by atoms with Gasteiger partial charge in [0.15, 0.2) is 0 Å². The van der Waals surface area contributed by atoms with Crippen LogP contribution in [0.4, 0.5) is 0 Å². The van der Waals surface area contributed by atoms with Crippen molar-refractivity contribution in [3.63, 3.8) is 0 Å². The van der Waals surface area contributed by atoms with Crippen LogP contribution in [0.2, 0.25) is 0 Å². The van der Waals surface area contributed by atoms with Gasteiger partial charge in [-0.05, 0) is 4.91 Å². The minimum atomic E-state index is 0.472. The second-order valence-electron chi connectivity index (χ2n) is 2.81. The third kappa shape index (κ3) is 3.28. The summed E-state index contributed by atoms with van der Waals surface area (Å²) in [4.78, 5) is 1.23. The Morgan fingerprint density at radius 1 is 1.58 bits per heavy atom. The van der Waals surface area contributed by atoms with Crippen molar-refractivity contribution in [2.24, 2.45) is 5.92 Å². The lowest BCUT2D eigenvalue weighted by Crippen LogP contribution is -2.13. The van der Waals surface area contributed by atoms with Crippen LogP contribution in [0.1, 0.15) is 6.92 Å². The molecule has 1 atom stereocenters. The van der Waals surface area contributed by atoms with E-state index in [1.807, 2.05) is 0 Å². The lowest BCUT2D eigenvalue weighted by atomic mass is 10.1. The summed E-state index contributed by atoms with van der Waals surface area (Å²) in [6.07, 6.45) is 8.46. The quantitative estimate of drug-likeness (QED) is 0.616. The molecule has 1 N–H and O–H groups in total. The first-order valence-corrected chi connectivity index (χ1v) is 5.15. The molecule has 0 amide bonds. The highest BCUT2D eigenvalue weighted by atomic mass is 32.2. The molecule has 12 heavy (non-hydrogen) atoms. The number of allylic oxidation sites excluding steroid dienone is 4. The third-order valence-corrected chi connectivity index (χ3v) is 2.87. The first kappa shape index (κ1) is 9.62. The molecule has 0 unspecified atom stereocenters. The normalized spacial score (nSPS) is 31.1. The molecule has 0 aromatic heterocycles. The van der Waals surface area contributed by atoms with Crippen molar-refractivity contribution in [1.29, 1.82) is 0 Å². The van der Waals surface area contributed by atoms with E-state index >= 15 is 0 Å². The zero-order valence-electron chi connectivity index (χ0n) is 7.42. The second-order valence-corrected chi connectivity index (χ2v) is 3.91. The van der Waals surface area contributed by atoms with Gasteiger partial charge in [0, 0.05) is 18.3 Å². The van der Waals surface area contributed by atoms with Crippen LogP contribution in [0.25, 0.3) is 0 Å². The minimum Gasteiger partial charge on any atom is -0.304 e. The molecule has 0 saturated heterocycles. The van der Waals surface area contributed by atoms with Gasteiger partial charge in [-0.3, -0.25) is 0 Å². The summed E-state index contributed by atoms with van der Waals surface area (Å²) in [7, 11) is 0. The molecule has 2 heteroatoms. The van der Waals surface area contributed by atoms with Crippen LogP contribution in [-0.2, 0) is 0 Å². The highest BCUT2D eigenvalue weighted by molar-refractivity contribution is 8.03. The average Bonchev–Trinajstić information content (AvgIpc) is 2.08. The summed E-state index contributed by atoms with van der Waals surface area (Å²) < 4.78 is 0.